The molecular weight excluding hydrogens is 141 g/mol. The molecule has 0 saturated heterocycles. The molecule has 70 valence electrons. The van der Waals surface area contributed by atoms with Crippen molar-refractivity contribution >= 4 is 17.7 Å². The van der Waals surface area contributed by atoms with Crippen molar-refractivity contribution in [2.24, 2.45) is 0 Å². The van der Waals surface area contributed by atoms with Crippen LogP contribution < -0.4 is 5.32 Å². The summed E-state index contributed by atoms with van der Waals surface area (Å²) in [5.74, 6) is 0. The first-order valence-corrected chi connectivity index (χ1v) is 5.30. The summed E-state index contributed by atoms with van der Waals surface area (Å²) < 4.78 is 0. The molecule has 12 heavy (non-hydrogen) atoms. The molecule has 0 unspecified atom stereocenters. The fraction of sp³-hybridized carbons (Fsp3) is 1.00. The predicted molar refractivity (Wildman–Crippen MR) is 58.9 cm³/mol. The molecule has 0 spiro atoms. The molecule has 0 aliphatic rings. The number of hydrogen-bond donors (Lipinski definition) is 1. The van der Waals surface area contributed by atoms with Crippen LogP contribution in [0.4, 0.5) is 0 Å². The fourth-order valence-electron chi connectivity index (χ4n) is 1.02. The molecule has 0 radical (unpaired) electrons. The van der Waals surface area contributed by atoms with Gasteiger partial charge in [-0.25, -0.2) is 0 Å². The Labute approximate surface area is 87.9 Å². The first-order valence-electron chi connectivity index (χ1n) is 5.30. The number of hydrogen-bond acceptors (Lipinski definition) is 1. The van der Waals surface area contributed by atoms with Crippen molar-refractivity contribution in [2.75, 3.05) is 0 Å². The third-order valence-corrected chi connectivity index (χ3v) is 1.37. The van der Waals surface area contributed by atoms with Crippen LogP contribution in [0, 0.1) is 0 Å². The van der Waals surface area contributed by atoms with Gasteiger partial charge >= 0.3 is 42.6 Å². The van der Waals surface area contributed by atoms with Crippen LogP contribution in [0.1, 0.15) is 47.5 Å². The van der Waals surface area contributed by atoms with Gasteiger partial charge in [-0.05, 0) is 0 Å². The van der Waals surface area contributed by atoms with Crippen molar-refractivity contribution in [3.63, 3.8) is 0 Å². The van der Waals surface area contributed by atoms with Gasteiger partial charge in [-0.2, -0.15) is 0 Å². The van der Waals surface area contributed by atoms with Crippen molar-refractivity contribution in [2.45, 2.75) is 64.6 Å². The van der Waals surface area contributed by atoms with Crippen LogP contribution >= 0.6 is 0 Å². The Hall–Kier alpha value is 0.557. The number of rotatable bonds is 4. The topological polar surface area (TPSA) is 12.0 Å². The SMILES string of the molecule is CC(C)NC(C)C.[Li][CH2]CCC. The quantitative estimate of drug-likeness (QED) is 0.632. The van der Waals surface area contributed by atoms with E-state index in [1.807, 2.05) is 0 Å². The second-order valence-corrected chi connectivity index (χ2v) is 3.83. The van der Waals surface area contributed by atoms with Gasteiger partial charge in [0.2, 0.25) is 0 Å². The van der Waals surface area contributed by atoms with Crippen molar-refractivity contribution in [3.05, 3.63) is 0 Å². The van der Waals surface area contributed by atoms with Gasteiger partial charge in [0.25, 0.3) is 0 Å². The van der Waals surface area contributed by atoms with Gasteiger partial charge in [-0.3, -0.25) is 0 Å². The summed E-state index contributed by atoms with van der Waals surface area (Å²) in [6.07, 6.45) is 2.73. The first kappa shape index (κ1) is 15.0. The fourth-order valence-corrected chi connectivity index (χ4v) is 1.02. The van der Waals surface area contributed by atoms with Gasteiger partial charge in [0.15, 0.2) is 0 Å². The molecule has 2 heteroatoms. The molecule has 0 bridgehead atoms. The zero-order valence-electron chi connectivity index (χ0n) is 9.78. The third kappa shape index (κ3) is 22.4. The van der Waals surface area contributed by atoms with Gasteiger partial charge in [-0.1, -0.05) is 27.7 Å². The summed E-state index contributed by atoms with van der Waals surface area (Å²) >= 11 is 2.21. The van der Waals surface area contributed by atoms with Crippen LogP contribution in [-0.2, 0) is 0 Å². The summed E-state index contributed by atoms with van der Waals surface area (Å²) in [6, 6.07) is 1.25. The van der Waals surface area contributed by atoms with Crippen molar-refractivity contribution < 1.29 is 0 Å². The van der Waals surface area contributed by atoms with E-state index in [1.165, 1.54) is 17.9 Å². The minimum atomic E-state index is 0.625. The molecule has 1 nitrogen and oxygen atoms in total. The normalized spacial score (nSPS) is 10.1. The van der Waals surface area contributed by atoms with Gasteiger partial charge in [0, 0.05) is 12.1 Å². The van der Waals surface area contributed by atoms with E-state index in [9.17, 15) is 0 Å². The molecule has 0 fully saturated rings. The van der Waals surface area contributed by atoms with Crippen LogP contribution in [0.3, 0.4) is 0 Å². The average Bonchev–Trinajstić information content (AvgIpc) is 1.87. The summed E-state index contributed by atoms with van der Waals surface area (Å²) in [5, 5.41) is 4.65. The van der Waals surface area contributed by atoms with Gasteiger partial charge in [0.1, 0.15) is 0 Å². The number of nitrogens with one attached hydrogen (secondary N) is 1. The molecule has 0 saturated carbocycles. The van der Waals surface area contributed by atoms with E-state index in [1.54, 1.807) is 0 Å². The van der Waals surface area contributed by atoms with E-state index >= 15 is 0 Å². The molecule has 0 rings (SSSR count). The summed E-state index contributed by atoms with van der Waals surface area (Å²) in [5.41, 5.74) is 0. The molecule has 1 N–H and O–H groups in total. The summed E-state index contributed by atoms with van der Waals surface area (Å²) in [7, 11) is 0. The summed E-state index contributed by atoms with van der Waals surface area (Å²) in [4.78, 5) is 0. The van der Waals surface area contributed by atoms with E-state index in [4.69, 9.17) is 0 Å². The maximum atomic E-state index is 3.31. The standard InChI is InChI=1S/C6H15N.C4H9.Li/c1-5(2)7-6(3)4;1-3-4-2;/h5-7H,1-4H3;1,3-4H2,2H3;. The Morgan fingerprint density at radius 2 is 1.50 bits per heavy atom. The molecular formula is C10H24LiN. The van der Waals surface area contributed by atoms with E-state index < -0.39 is 0 Å². The Morgan fingerprint density at radius 3 is 1.50 bits per heavy atom. The van der Waals surface area contributed by atoms with E-state index in [2.05, 4.69) is 57.7 Å². The van der Waals surface area contributed by atoms with E-state index in [-0.39, 0.29) is 0 Å². The van der Waals surface area contributed by atoms with Gasteiger partial charge in [0.05, 0.1) is 0 Å². The molecule has 0 aliphatic heterocycles. The monoisotopic (exact) mass is 165 g/mol. The molecule has 0 aliphatic carbocycles. The van der Waals surface area contributed by atoms with E-state index in [0.717, 1.165) is 0 Å². The summed E-state index contributed by atoms with van der Waals surface area (Å²) in [6.45, 7) is 10.8. The van der Waals surface area contributed by atoms with Crippen LogP contribution in [0.25, 0.3) is 0 Å². The van der Waals surface area contributed by atoms with Crippen LogP contribution in [0.15, 0.2) is 0 Å². The predicted octanol–water partition coefficient (Wildman–Crippen LogP) is 2.77. The van der Waals surface area contributed by atoms with Gasteiger partial charge in [-0.15, -0.1) is 0 Å². The molecule has 0 amide bonds. The first-order chi connectivity index (χ1) is 5.54. The molecule has 0 heterocycles. The van der Waals surface area contributed by atoms with Crippen molar-refractivity contribution in [3.8, 4) is 0 Å². The van der Waals surface area contributed by atoms with Crippen molar-refractivity contribution in [1.82, 2.24) is 5.32 Å². The number of unbranched alkanes of at least 4 members (excludes halogenated alkanes) is 1. The van der Waals surface area contributed by atoms with Crippen LogP contribution in [-0.4, -0.2) is 29.8 Å². The zero-order valence-corrected chi connectivity index (χ0v) is 9.78. The minimum absolute atomic E-state index is 0.625. The zero-order chi connectivity index (χ0) is 9.98. The van der Waals surface area contributed by atoms with Crippen molar-refractivity contribution in [1.29, 1.82) is 0 Å². The molecule has 0 aromatic rings. The Morgan fingerprint density at radius 1 is 1.08 bits per heavy atom. The molecule has 0 aromatic heterocycles. The third-order valence-electron chi connectivity index (χ3n) is 1.37. The molecule has 0 atom stereocenters. The Balaban J connectivity index is 0. The Bertz CT molecular complexity index is 64.2. The second-order valence-electron chi connectivity index (χ2n) is 3.83. The average molecular weight is 165 g/mol. The second kappa shape index (κ2) is 11.6. The van der Waals surface area contributed by atoms with Crippen LogP contribution in [0.5, 0.6) is 0 Å². The maximum absolute atomic E-state index is 3.31. The van der Waals surface area contributed by atoms with Gasteiger partial charge < -0.3 is 5.32 Å². The Kier molecular flexibility index (Phi) is 14.5. The van der Waals surface area contributed by atoms with E-state index in [0.29, 0.717) is 12.1 Å². The van der Waals surface area contributed by atoms with Crippen LogP contribution in [0.2, 0.25) is 5.09 Å². The molecule has 0 aromatic carbocycles.